The van der Waals surface area contributed by atoms with Gasteiger partial charge in [0.1, 0.15) is 5.82 Å². The summed E-state index contributed by atoms with van der Waals surface area (Å²) >= 11 is 0. The summed E-state index contributed by atoms with van der Waals surface area (Å²) in [4.78, 5) is 4.64. The molecule has 2 nitrogen and oxygen atoms in total. The molecule has 0 aliphatic rings. The first-order valence-electron chi connectivity index (χ1n) is 5.87. The number of benzene rings is 1. The van der Waals surface area contributed by atoms with E-state index in [1.54, 1.807) is 0 Å². The molecule has 0 saturated carbocycles. The van der Waals surface area contributed by atoms with E-state index in [2.05, 4.69) is 48.2 Å². The Morgan fingerprint density at radius 2 is 2.06 bits per heavy atom. The molecule has 0 fully saturated rings. The average Bonchev–Trinajstić information content (AvgIpc) is 2.67. The summed E-state index contributed by atoms with van der Waals surface area (Å²) in [6.07, 6.45) is 1.99. The fourth-order valence-corrected chi connectivity index (χ4v) is 1.91. The number of hydrogen-bond donors (Lipinski definition) is 0. The average molecular weight is 214 g/mol. The van der Waals surface area contributed by atoms with Crippen LogP contribution in [-0.2, 0) is 13.0 Å². The number of nitrogens with zero attached hydrogens (tertiary/aromatic N) is 2. The molecule has 2 heteroatoms. The number of allylic oxidation sites excluding steroid dienone is 1. The maximum absolute atomic E-state index is 4.64. The molecule has 0 atom stereocenters. The number of imidazole rings is 1. The maximum atomic E-state index is 4.64. The van der Waals surface area contributed by atoms with Gasteiger partial charge >= 0.3 is 0 Å². The van der Waals surface area contributed by atoms with Crippen molar-refractivity contribution < 1.29 is 0 Å². The number of aryl methyl sites for hydroxylation is 1. The lowest BCUT2D eigenvalue weighted by molar-refractivity contribution is 0.726. The Hall–Kier alpha value is -1.57. The minimum Gasteiger partial charge on any atom is -0.324 e. The molecule has 0 amide bonds. The Bertz CT molecular complexity index is 508. The van der Waals surface area contributed by atoms with Gasteiger partial charge in [0.2, 0.25) is 0 Å². The Balaban J connectivity index is 2.51. The van der Waals surface area contributed by atoms with Gasteiger partial charge in [-0.15, -0.1) is 0 Å². The van der Waals surface area contributed by atoms with Gasteiger partial charge in [0.15, 0.2) is 0 Å². The highest BCUT2D eigenvalue weighted by molar-refractivity contribution is 5.76. The van der Waals surface area contributed by atoms with Crippen LogP contribution in [-0.4, -0.2) is 9.55 Å². The summed E-state index contributed by atoms with van der Waals surface area (Å²) < 4.78 is 2.28. The maximum Gasteiger partial charge on any atom is 0.109 e. The predicted octanol–water partition coefficient (Wildman–Crippen LogP) is 3.56. The van der Waals surface area contributed by atoms with Gasteiger partial charge in [0, 0.05) is 13.0 Å². The summed E-state index contributed by atoms with van der Waals surface area (Å²) in [6, 6.07) is 8.30. The summed E-state index contributed by atoms with van der Waals surface area (Å²) in [5, 5.41) is 0. The standard InChI is InChI=1S/C14H18N2/c1-4-11(3)10-16-13-9-7-6-8-12(13)15-14(16)5-2/h6-9H,3-5,10H2,1-2H3. The van der Waals surface area contributed by atoms with Crippen molar-refractivity contribution in [2.75, 3.05) is 0 Å². The van der Waals surface area contributed by atoms with Crippen molar-refractivity contribution in [3.05, 3.63) is 42.2 Å². The Kier molecular flexibility index (Phi) is 3.09. The first-order valence-corrected chi connectivity index (χ1v) is 5.87. The second kappa shape index (κ2) is 4.52. The number of hydrogen-bond acceptors (Lipinski definition) is 1. The van der Waals surface area contributed by atoms with Crippen LogP contribution in [0.3, 0.4) is 0 Å². The molecule has 2 rings (SSSR count). The third kappa shape index (κ3) is 1.87. The third-order valence-electron chi connectivity index (χ3n) is 2.93. The number of para-hydroxylation sites is 2. The minimum absolute atomic E-state index is 0.889. The van der Waals surface area contributed by atoms with Crippen molar-refractivity contribution in [3.8, 4) is 0 Å². The van der Waals surface area contributed by atoms with E-state index in [9.17, 15) is 0 Å². The highest BCUT2D eigenvalue weighted by Gasteiger charge is 2.08. The van der Waals surface area contributed by atoms with Gasteiger partial charge in [0.25, 0.3) is 0 Å². The molecule has 16 heavy (non-hydrogen) atoms. The van der Waals surface area contributed by atoms with Crippen LogP contribution >= 0.6 is 0 Å². The second-order valence-corrected chi connectivity index (χ2v) is 4.06. The van der Waals surface area contributed by atoms with Gasteiger partial charge in [-0.1, -0.05) is 38.1 Å². The summed E-state index contributed by atoms with van der Waals surface area (Å²) in [5.74, 6) is 1.15. The molecular weight excluding hydrogens is 196 g/mol. The molecule has 0 aliphatic heterocycles. The van der Waals surface area contributed by atoms with Crippen LogP contribution in [0.5, 0.6) is 0 Å². The van der Waals surface area contributed by atoms with Crippen molar-refractivity contribution in [2.45, 2.75) is 33.2 Å². The van der Waals surface area contributed by atoms with E-state index >= 15 is 0 Å². The topological polar surface area (TPSA) is 17.8 Å². The van der Waals surface area contributed by atoms with Crippen molar-refractivity contribution in [1.29, 1.82) is 0 Å². The largest absolute Gasteiger partial charge is 0.324 e. The molecule has 0 aliphatic carbocycles. The smallest absolute Gasteiger partial charge is 0.109 e. The highest BCUT2D eigenvalue weighted by Crippen LogP contribution is 2.18. The molecule has 1 heterocycles. The van der Waals surface area contributed by atoms with Crippen molar-refractivity contribution in [2.24, 2.45) is 0 Å². The Morgan fingerprint density at radius 1 is 1.31 bits per heavy atom. The van der Waals surface area contributed by atoms with Crippen LogP contribution in [0.2, 0.25) is 0 Å². The number of fused-ring (bicyclic) bond motifs is 1. The van der Waals surface area contributed by atoms with Crippen LogP contribution in [0.25, 0.3) is 11.0 Å². The molecule has 0 spiro atoms. The van der Waals surface area contributed by atoms with Gasteiger partial charge in [-0.05, 0) is 18.6 Å². The SMILES string of the molecule is C=C(CC)Cn1c(CC)nc2ccccc21. The zero-order valence-corrected chi connectivity index (χ0v) is 10.0. The lowest BCUT2D eigenvalue weighted by Gasteiger charge is -2.08. The normalized spacial score (nSPS) is 10.9. The second-order valence-electron chi connectivity index (χ2n) is 4.06. The Labute approximate surface area is 96.6 Å². The zero-order chi connectivity index (χ0) is 11.5. The van der Waals surface area contributed by atoms with Crippen LogP contribution in [0.1, 0.15) is 26.1 Å². The lowest BCUT2D eigenvalue weighted by Crippen LogP contribution is -2.04. The summed E-state index contributed by atoms with van der Waals surface area (Å²) in [7, 11) is 0. The molecule has 0 radical (unpaired) electrons. The highest BCUT2D eigenvalue weighted by atomic mass is 15.1. The molecule has 0 bridgehead atoms. The summed E-state index contributed by atoms with van der Waals surface area (Å²) in [6.45, 7) is 9.26. The van der Waals surface area contributed by atoms with E-state index in [0.717, 1.165) is 30.7 Å². The van der Waals surface area contributed by atoms with Crippen LogP contribution in [0.4, 0.5) is 0 Å². The van der Waals surface area contributed by atoms with Crippen molar-refractivity contribution >= 4 is 11.0 Å². The van der Waals surface area contributed by atoms with E-state index in [-0.39, 0.29) is 0 Å². The van der Waals surface area contributed by atoms with E-state index in [1.165, 1.54) is 11.1 Å². The third-order valence-corrected chi connectivity index (χ3v) is 2.93. The molecule has 0 saturated heterocycles. The number of aromatic nitrogens is 2. The van der Waals surface area contributed by atoms with Gasteiger partial charge < -0.3 is 4.57 Å². The first-order chi connectivity index (χ1) is 7.76. The molecule has 1 aromatic heterocycles. The van der Waals surface area contributed by atoms with E-state index < -0.39 is 0 Å². The predicted molar refractivity (Wildman–Crippen MR) is 68.5 cm³/mol. The molecule has 0 unspecified atom stereocenters. The minimum atomic E-state index is 0.889. The van der Waals surface area contributed by atoms with E-state index in [4.69, 9.17) is 0 Å². The molecule has 2 aromatic rings. The van der Waals surface area contributed by atoms with Crippen LogP contribution < -0.4 is 0 Å². The van der Waals surface area contributed by atoms with E-state index in [1.807, 2.05) is 6.07 Å². The van der Waals surface area contributed by atoms with Crippen molar-refractivity contribution in [1.82, 2.24) is 9.55 Å². The Morgan fingerprint density at radius 3 is 2.75 bits per heavy atom. The van der Waals surface area contributed by atoms with Gasteiger partial charge in [-0.3, -0.25) is 0 Å². The fourth-order valence-electron chi connectivity index (χ4n) is 1.91. The monoisotopic (exact) mass is 214 g/mol. The van der Waals surface area contributed by atoms with Crippen LogP contribution in [0, 0.1) is 0 Å². The molecular formula is C14H18N2. The molecule has 1 aromatic carbocycles. The van der Waals surface area contributed by atoms with E-state index in [0.29, 0.717) is 0 Å². The quantitative estimate of drug-likeness (QED) is 0.711. The fraction of sp³-hybridized carbons (Fsp3) is 0.357. The van der Waals surface area contributed by atoms with Crippen LogP contribution in [0.15, 0.2) is 36.4 Å². The summed E-state index contributed by atoms with van der Waals surface area (Å²) in [5.41, 5.74) is 3.55. The molecule has 84 valence electrons. The molecule has 0 N–H and O–H groups in total. The number of rotatable bonds is 4. The van der Waals surface area contributed by atoms with Gasteiger partial charge in [-0.25, -0.2) is 4.98 Å². The zero-order valence-electron chi connectivity index (χ0n) is 10.0. The first kappa shape index (κ1) is 10.9. The van der Waals surface area contributed by atoms with Gasteiger partial charge in [0.05, 0.1) is 11.0 Å². The van der Waals surface area contributed by atoms with Gasteiger partial charge in [-0.2, -0.15) is 0 Å². The lowest BCUT2D eigenvalue weighted by atomic mass is 10.2. The van der Waals surface area contributed by atoms with Crippen molar-refractivity contribution in [3.63, 3.8) is 0 Å².